The molecule has 3 rings (SSSR count). The lowest BCUT2D eigenvalue weighted by Crippen LogP contribution is -2.28. The molecule has 0 radical (unpaired) electrons. The number of carbonyl (C=O) groups is 2. The Morgan fingerprint density at radius 1 is 1.03 bits per heavy atom. The third-order valence-electron chi connectivity index (χ3n) is 5.14. The fourth-order valence-electron chi connectivity index (χ4n) is 3.38. The van der Waals surface area contributed by atoms with Crippen molar-refractivity contribution in [3.05, 3.63) is 58.7 Å². The minimum absolute atomic E-state index is 0.107. The Hall–Kier alpha value is -2.71. The van der Waals surface area contributed by atoms with Crippen LogP contribution in [0.3, 0.4) is 0 Å². The van der Waals surface area contributed by atoms with Gasteiger partial charge in [-0.3, -0.25) is 4.79 Å². The van der Waals surface area contributed by atoms with E-state index in [2.05, 4.69) is 5.32 Å². The Kier molecular flexibility index (Phi) is 6.04. The van der Waals surface area contributed by atoms with Gasteiger partial charge < -0.3 is 10.1 Å². The van der Waals surface area contributed by atoms with E-state index in [-0.39, 0.29) is 10.5 Å². The molecule has 2 aromatic rings. The highest BCUT2D eigenvalue weighted by atomic mass is 32.2. The number of hydrogen-bond acceptors (Lipinski definition) is 5. The molecule has 8 heteroatoms. The summed E-state index contributed by atoms with van der Waals surface area (Å²) in [7, 11) is -2.33. The molecular weight excluding hydrogens is 392 g/mol. The zero-order chi connectivity index (χ0) is 21.2. The number of hydrogen-bond donors (Lipinski definition) is 1. The predicted molar refractivity (Wildman–Crippen MR) is 110 cm³/mol. The summed E-state index contributed by atoms with van der Waals surface area (Å²) >= 11 is 0. The van der Waals surface area contributed by atoms with Gasteiger partial charge >= 0.3 is 5.97 Å². The van der Waals surface area contributed by atoms with Crippen molar-refractivity contribution in [1.82, 2.24) is 4.31 Å². The summed E-state index contributed by atoms with van der Waals surface area (Å²) in [5.41, 5.74) is 2.32. The predicted octanol–water partition coefficient (Wildman–Crippen LogP) is 3.13. The van der Waals surface area contributed by atoms with Gasteiger partial charge in [-0.2, -0.15) is 4.31 Å². The molecule has 1 aliphatic rings. The number of nitrogens with zero attached hydrogens (tertiary/aromatic N) is 1. The van der Waals surface area contributed by atoms with Crippen LogP contribution in [0.15, 0.2) is 41.3 Å². The van der Waals surface area contributed by atoms with E-state index in [0.29, 0.717) is 35.5 Å². The monoisotopic (exact) mass is 416 g/mol. The first-order valence-electron chi connectivity index (χ1n) is 9.36. The number of sulfonamides is 1. The van der Waals surface area contributed by atoms with Crippen molar-refractivity contribution in [2.24, 2.45) is 0 Å². The molecule has 154 valence electrons. The van der Waals surface area contributed by atoms with Gasteiger partial charge in [-0.15, -0.1) is 0 Å². The third kappa shape index (κ3) is 4.18. The molecule has 0 spiro atoms. The summed E-state index contributed by atoms with van der Waals surface area (Å²) in [4.78, 5) is 24.9. The smallest absolute Gasteiger partial charge is 0.338 e. The van der Waals surface area contributed by atoms with Crippen LogP contribution in [-0.2, 0) is 14.8 Å². The first-order valence-corrected chi connectivity index (χ1v) is 10.8. The van der Waals surface area contributed by atoms with Gasteiger partial charge in [0.15, 0.2) is 0 Å². The Morgan fingerprint density at radius 3 is 2.38 bits per heavy atom. The number of rotatable bonds is 5. The summed E-state index contributed by atoms with van der Waals surface area (Å²) in [5.74, 6) is -0.931. The molecule has 1 N–H and O–H groups in total. The van der Waals surface area contributed by atoms with E-state index in [1.165, 1.54) is 23.5 Å². The highest BCUT2D eigenvalue weighted by Crippen LogP contribution is 2.25. The van der Waals surface area contributed by atoms with Crippen LogP contribution in [0, 0.1) is 13.8 Å². The lowest BCUT2D eigenvalue weighted by molar-refractivity contribution is 0.0599. The zero-order valence-electron chi connectivity index (χ0n) is 16.7. The Labute approximate surface area is 170 Å². The maximum Gasteiger partial charge on any atom is 0.338 e. The molecule has 0 unspecified atom stereocenters. The first kappa shape index (κ1) is 21.0. The molecular formula is C21H24N2O5S. The molecule has 1 amide bonds. The zero-order valence-corrected chi connectivity index (χ0v) is 17.5. The van der Waals surface area contributed by atoms with Crippen molar-refractivity contribution in [3.63, 3.8) is 0 Å². The number of carbonyl (C=O) groups excluding carboxylic acids is 2. The summed E-state index contributed by atoms with van der Waals surface area (Å²) in [6.45, 7) is 4.45. The quantitative estimate of drug-likeness (QED) is 0.756. The van der Waals surface area contributed by atoms with E-state index in [9.17, 15) is 18.0 Å². The number of nitrogens with one attached hydrogen (secondary N) is 1. The number of amides is 1. The van der Waals surface area contributed by atoms with E-state index < -0.39 is 21.9 Å². The standard InChI is InChI=1S/C21H24N2O5S/c1-14-9-10-16(29(26,27)23-11-4-5-12-23)13-18(14)20(24)22-19-8-6-7-17(15(19)2)21(25)28-3/h6-10,13H,4-5,11-12H2,1-3H3,(H,22,24). The average Bonchev–Trinajstić information content (AvgIpc) is 3.25. The van der Waals surface area contributed by atoms with E-state index in [0.717, 1.165) is 12.8 Å². The second-order valence-corrected chi connectivity index (χ2v) is 8.95. The summed E-state index contributed by atoms with van der Waals surface area (Å²) in [5, 5.41) is 2.78. The van der Waals surface area contributed by atoms with Gasteiger partial charge in [-0.1, -0.05) is 12.1 Å². The number of benzene rings is 2. The second-order valence-electron chi connectivity index (χ2n) is 7.01. The molecule has 7 nitrogen and oxygen atoms in total. The van der Waals surface area contributed by atoms with Gasteiger partial charge in [0.25, 0.3) is 5.91 Å². The number of esters is 1. The average molecular weight is 416 g/mol. The third-order valence-corrected chi connectivity index (χ3v) is 7.04. The molecule has 1 aliphatic heterocycles. The van der Waals surface area contributed by atoms with Crippen LogP contribution in [0.5, 0.6) is 0 Å². The largest absolute Gasteiger partial charge is 0.465 e. The number of anilines is 1. The molecule has 1 heterocycles. The molecule has 0 saturated carbocycles. The normalized spacial score (nSPS) is 14.6. The first-order chi connectivity index (χ1) is 13.8. The van der Waals surface area contributed by atoms with Crippen molar-refractivity contribution in [2.45, 2.75) is 31.6 Å². The van der Waals surface area contributed by atoms with Crippen molar-refractivity contribution < 1.29 is 22.7 Å². The van der Waals surface area contributed by atoms with Crippen LogP contribution < -0.4 is 5.32 Å². The highest BCUT2D eigenvalue weighted by molar-refractivity contribution is 7.89. The van der Waals surface area contributed by atoms with E-state index in [1.807, 2.05) is 0 Å². The molecule has 0 bridgehead atoms. The molecule has 1 saturated heterocycles. The van der Waals surface area contributed by atoms with Gasteiger partial charge in [0.2, 0.25) is 10.0 Å². The Balaban J connectivity index is 1.92. The van der Waals surface area contributed by atoms with Gasteiger partial charge in [-0.05, 0) is 62.1 Å². The van der Waals surface area contributed by atoms with Crippen LogP contribution in [0.25, 0.3) is 0 Å². The Morgan fingerprint density at radius 2 is 1.72 bits per heavy atom. The topological polar surface area (TPSA) is 92.8 Å². The lowest BCUT2D eigenvalue weighted by atomic mass is 10.1. The van der Waals surface area contributed by atoms with Crippen LogP contribution in [0.1, 0.15) is 44.7 Å². The Bertz CT molecular complexity index is 1060. The van der Waals surface area contributed by atoms with Crippen LogP contribution in [0.4, 0.5) is 5.69 Å². The van der Waals surface area contributed by atoms with Gasteiger partial charge in [0.05, 0.1) is 17.6 Å². The molecule has 2 aromatic carbocycles. The SMILES string of the molecule is COC(=O)c1cccc(NC(=O)c2cc(S(=O)(=O)N3CCCC3)ccc2C)c1C. The maximum absolute atomic E-state index is 12.9. The van der Waals surface area contributed by atoms with Crippen LogP contribution >= 0.6 is 0 Å². The van der Waals surface area contributed by atoms with Gasteiger partial charge in [-0.25, -0.2) is 13.2 Å². The fraction of sp³-hybridized carbons (Fsp3) is 0.333. The highest BCUT2D eigenvalue weighted by Gasteiger charge is 2.28. The number of methoxy groups -OCH3 is 1. The maximum atomic E-state index is 12.9. The van der Waals surface area contributed by atoms with Crippen LogP contribution in [-0.4, -0.2) is 44.8 Å². The molecule has 0 aromatic heterocycles. The molecule has 0 atom stereocenters. The summed E-state index contributed by atoms with van der Waals surface area (Å²) in [6.07, 6.45) is 1.68. The van der Waals surface area contributed by atoms with Crippen molar-refractivity contribution in [2.75, 3.05) is 25.5 Å². The van der Waals surface area contributed by atoms with Gasteiger partial charge in [0, 0.05) is 24.3 Å². The lowest BCUT2D eigenvalue weighted by Gasteiger charge is -2.17. The number of ether oxygens (including phenoxy) is 1. The minimum Gasteiger partial charge on any atom is -0.465 e. The van der Waals surface area contributed by atoms with Crippen molar-refractivity contribution in [3.8, 4) is 0 Å². The summed E-state index contributed by atoms with van der Waals surface area (Å²) in [6, 6.07) is 9.53. The summed E-state index contributed by atoms with van der Waals surface area (Å²) < 4.78 is 31.9. The fourth-order valence-corrected chi connectivity index (χ4v) is 4.92. The minimum atomic E-state index is -3.62. The van der Waals surface area contributed by atoms with E-state index in [4.69, 9.17) is 4.74 Å². The van der Waals surface area contributed by atoms with E-state index in [1.54, 1.807) is 38.1 Å². The molecule has 1 fully saturated rings. The van der Waals surface area contributed by atoms with Crippen molar-refractivity contribution in [1.29, 1.82) is 0 Å². The number of aryl methyl sites for hydroxylation is 1. The van der Waals surface area contributed by atoms with Crippen molar-refractivity contribution >= 4 is 27.6 Å². The molecule has 29 heavy (non-hydrogen) atoms. The molecule has 0 aliphatic carbocycles. The van der Waals surface area contributed by atoms with Gasteiger partial charge in [0.1, 0.15) is 0 Å². The van der Waals surface area contributed by atoms with E-state index >= 15 is 0 Å². The van der Waals surface area contributed by atoms with Crippen LogP contribution in [0.2, 0.25) is 0 Å². The second kappa shape index (κ2) is 8.34.